The second-order valence-corrected chi connectivity index (χ2v) is 5.37. The lowest BCUT2D eigenvalue weighted by Crippen LogP contribution is -2.22. The third kappa shape index (κ3) is 3.78. The van der Waals surface area contributed by atoms with Crippen LogP contribution in [-0.4, -0.2) is 27.7 Å². The fourth-order valence-corrected chi connectivity index (χ4v) is 2.13. The molecule has 1 aromatic carbocycles. The van der Waals surface area contributed by atoms with E-state index in [9.17, 15) is 5.11 Å². The summed E-state index contributed by atoms with van der Waals surface area (Å²) in [5.41, 5.74) is 1.55. The molecule has 102 valence electrons. The Balaban J connectivity index is 2.10. The second-order valence-electron chi connectivity index (χ2n) is 5.02. The molecule has 2 aromatic rings. The van der Waals surface area contributed by atoms with Crippen LogP contribution >= 0.6 is 11.6 Å². The van der Waals surface area contributed by atoms with Crippen LogP contribution in [0, 0.1) is 5.92 Å². The van der Waals surface area contributed by atoms with E-state index in [-0.39, 0.29) is 0 Å². The van der Waals surface area contributed by atoms with Crippen molar-refractivity contribution in [2.75, 3.05) is 11.9 Å². The number of para-hydroxylation sites is 2. The van der Waals surface area contributed by atoms with Gasteiger partial charge in [0.05, 0.1) is 17.1 Å². The van der Waals surface area contributed by atoms with Crippen molar-refractivity contribution in [3.05, 3.63) is 29.4 Å². The molecule has 0 aliphatic carbocycles. The number of benzene rings is 1. The van der Waals surface area contributed by atoms with E-state index >= 15 is 0 Å². The van der Waals surface area contributed by atoms with Crippen molar-refractivity contribution in [2.45, 2.75) is 26.4 Å². The third-order valence-corrected chi connectivity index (χ3v) is 3.04. The molecule has 1 heterocycles. The van der Waals surface area contributed by atoms with Crippen LogP contribution in [0.2, 0.25) is 5.15 Å². The first-order valence-electron chi connectivity index (χ1n) is 6.40. The number of nitrogens with one attached hydrogen (secondary N) is 1. The molecule has 19 heavy (non-hydrogen) atoms. The summed E-state index contributed by atoms with van der Waals surface area (Å²) >= 11 is 6.07. The number of halogens is 1. The zero-order valence-corrected chi connectivity index (χ0v) is 11.9. The summed E-state index contributed by atoms with van der Waals surface area (Å²) in [7, 11) is 0. The van der Waals surface area contributed by atoms with Crippen LogP contribution in [-0.2, 0) is 0 Å². The summed E-state index contributed by atoms with van der Waals surface area (Å²) in [5, 5.41) is 13.2. The Kier molecular flexibility index (Phi) is 4.56. The van der Waals surface area contributed by atoms with Gasteiger partial charge in [0.15, 0.2) is 11.0 Å². The lowest BCUT2D eigenvalue weighted by atomic mass is 10.1. The molecule has 0 bridgehead atoms. The first-order chi connectivity index (χ1) is 9.06. The lowest BCUT2D eigenvalue weighted by Gasteiger charge is -2.14. The SMILES string of the molecule is CC(C)C[C@@H](O)CNc1nc2ccccc2nc1Cl. The molecule has 1 atom stereocenters. The topological polar surface area (TPSA) is 58.0 Å². The average Bonchev–Trinajstić information content (AvgIpc) is 2.35. The predicted octanol–water partition coefficient (Wildman–Crippen LogP) is 3.10. The Morgan fingerprint density at radius 1 is 1.21 bits per heavy atom. The Bertz CT molecular complexity index is 559. The summed E-state index contributed by atoms with van der Waals surface area (Å²) in [4.78, 5) is 8.68. The van der Waals surface area contributed by atoms with Gasteiger partial charge in [-0.05, 0) is 24.5 Å². The molecular weight excluding hydrogens is 262 g/mol. The number of anilines is 1. The zero-order chi connectivity index (χ0) is 13.8. The van der Waals surface area contributed by atoms with Crippen LogP contribution in [0.3, 0.4) is 0 Å². The van der Waals surface area contributed by atoms with Crippen molar-refractivity contribution >= 4 is 28.5 Å². The maximum Gasteiger partial charge on any atom is 0.172 e. The van der Waals surface area contributed by atoms with Gasteiger partial charge in [0.2, 0.25) is 0 Å². The maximum absolute atomic E-state index is 9.83. The van der Waals surface area contributed by atoms with Crippen molar-refractivity contribution in [3.8, 4) is 0 Å². The minimum absolute atomic E-state index is 0.329. The van der Waals surface area contributed by atoms with Gasteiger partial charge in [-0.15, -0.1) is 0 Å². The van der Waals surface area contributed by atoms with Gasteiger partial charge in [0.25, 0.3) is 0 Å². The molecule has 4 nitrogen and oxygen atoms in total. The van der Waals surface area contributed by atoms with E-state index in [4.69, 9.17) is 11.6 Å². The van der Waals surface area contributed by atoms with E-state index in [2.05, 4.69) is 29.1 Å². The molecule has 0 aliphatic heterocycles. The minimum Gasteiger partial charge on any atom is -0.391 e. The lowest BCUT2D eigenvalue weighted by molar-refractivity contribution is 0.161. The third-order valence-electron chi connectivity index (χ3n) is 2.78. The standard InChI is InChI=1S/C14H18ClN3O/c1-9(2)7-10(19)8-16-14-13(15)17-11-5-3-4-6-12(11)18-14/h3-6,9-10,19H,7-8H2,1-2H3,(H,16,18)/t10-/m1/s1. The highest BCUT2D eigenvalue weighted by Gasteiger charge is 2.10. The first-order valence-corrected chi connectivity index (χ1v) is 6.78. The van der Waals surface area contributed by atoms with Crippen molar-refractivity contribution < 1.29 is 5.11 Å². The Morgan fingerprint density at radius 2 is 1.84 bits per heavy atom. The van der Waals surface area contributed by atoms with Gasteiger partial charge in [-0.25, -0.2) is 9.97 Å². The summed E-state index contributed by atoms with van der Waals surface area (Å²) in [6.07, 6.45) is 0.329. The summed E-state index contributed by atoms with van der Waals surface area (Å²) in [6.45, 7) is 4.57. The van der Waals surface area contributed by atoms with Gasteiger partial charge in [-0.1, -0.05) is 37.6 Å². The number of rotatable bonds is 5. The monoisotopic (exact) mass is 279 g/mol. The molecule has 5 heteroatoms. The van der Waals surface area contributed by atoms with Crippen LogP contribution in [0.1, 0.15) is 20.3 Å². The van der Waals surface area contributed by atoms with Gasteiger partial charge in [-0.3, -0.25) is 0 Å². The number of hydrogen-bond donors (Lipinski definition) is 2. The highest BCUT2D eigenvalue weighted by Crippen LogP contribution is 2.21. The maximum atomic E-state index is 9.83. The van der Waals surface area contributed by atoms with E-state index in [0.717, 1.165) is 17.5 Å². The highest BCUT2D eigenvalue weighted by molar-refractivity contribution is 6.32. The molecule has 2 rings (SSSR count). The normalized spacial score (nSPS) is 12.9. The molecule has 0 unspecified atom stereocenters. The number of fused-ring (bicyclic) bond motifs is 1. The number of nitrogens with zero attached hydrogens (tertiary/aromatic N) is 2. The smallest absolute Gasteiger partial charge is 0.172 e. The van der Waals surface area contributed by atoms with Crippen LogP contribution in [0.4, 0.5) is 5.82 Å². The Labute approximate surface area is 117 Å². The zero-order valence-electron chi connectivity index (χ0n) is 11.1. The van der Waals surface area contributed by atoms with Gasteiger partial charge in [0.1, 0.15) is 0 Å². The van der Waals surface area contributed by atoms with E-state index in [1.165, 1.54) is 0 Å². The molecule has 0 saturated carbocycles. The van der Waals surface area contributed by atoms with E-state index in [0.29, 0.717) is 23.4 Å². The van der Waals surface area contributed by atoms with Crippen LogP contribution in [0.15, 0.2) is 24.3 Å². The van der Waals surface area contributed by atoms with E-state index in [1.54, 1.807) is 0 Å². The predicted molar refractivity (Wildman–Crippen MR) is 78.5 cm³/mol. The summed E-state index contributed by atoms with van der Waals surface area (Å²) in [6, 6.07) is 7.55. The van der Waals surface area contributed by atoms with Gasteiger partial charge in [0, 0.05) is 6.54 Å². The van der Waals surface area contributed by atoms with Crippen LogP contribution in [0.5, 0.6) is 0 Å². The molecule has 2 N–H and O–H groups in total. The Morgan fingerprint density at radius 3 is 2.47 bits per heavy atom. The van der Waals surface area contributed by atoms with Crippen molar-refractivity contribution in [3.63, 3.8) is 0 Å². The Hall–Kier alpha value is -1.39. The van der Waals surface area contributed by atoms with Crippen molar-refractivity contribution in [1.82, 2.24) is 9.97 Å². The fraction of sp³-hybridized carbons (Fsp3) is 0.429. The molecule has 0 saturated heterocycles. The summed E-state index contributed by atoms with van der Waals surface area (Å²) in [5.74, 6) is 0.970. The molecule has 0 spiro atoms. The quantitative estimate of drug-likeness (QED) is 0.883. The highest BCUT2D eigenvalue weighted by atomic mass is 35.5. The summed E-state index contributed by atoms with van der Waals surface area (Å²) < 4.78 is 0. The number of aliphatic hydroxyl groups is 1. The number of aliphatic hydroxyl groups excluding tert-OH is 1. The molecule has 0 amide bonds. The molecule has 0 radical (unpaired) electrons. The largest absolute Gasteiger partial charge is 0.391 e. The van der Waals surface area contributed by atoms with Crippen LogP contribution < -0.4 is 5.32 Å². The van der Waals surface area contributed by atoms with Crippen molar-refractivity contribution in [1.29, 1.82) is 0 Å². The average molecular weight is 280 g/mol. The molecule has 1 aromatic heterocycles. The van der Waals surface area contributed by atoms with E-state index < -0.39 is 6.10 Å². The van der Waals surface area contributed by atoms with Crippen molar-refractivity contribution in [2.24, 2.45) is 5.92 Å². The van der Waals surface area contributed by atoms with Crippen LogP contribution in [0.25, 0.3) is 11.0 Å². The fourth-order valence-electron chi connectivity index (χ4n) is 1.93. The minimum atomic E-state index is -0.413. The van der Waals surface area contributed by atoms with Gasteiger partial charge < -0.3 is 10.4 Å². The molecule has 0 aliphatic rings. The first kappa shape index (κ1) is 14.0. The van der Waals surface area contributed by atoms with Gasteiger partial charge >= 0.3 is 0 Å². The van der Waals surface area contributed by atoms with E-state index in [1.807, 2.05) is 24.3 Å². The molecule has 0 fully saturated rings. The second kappa shape index (κ2) is 6.17. The number of hydrogen-bond acceptors (Lipinski definition) is 4. The number of aromatic nitrogens is 2. The van der Waals surface area contributed by atoms with Gasteiger partial charge in [-0.2, -0.15) is 0 Å². The molecular formula is C14H18ClN3O.